The van der Waals surface area contributed by atoms with E-state index in [1.54, 1.807) is 11.5 Å². The number of aromatic nitrogens is 1. The molecule has 2 aromatic rings. The number of carbonyl (C=O) groups excluding carboxylic acids is 2. The molecule has 0 N–H and O–H groups in total. The van der Waals surface area contributed by atoms with E-state index in [1.165, 1.54) is 18.4 Å². The molecule has 0 radical (unpaired) electrons. The molecule has 1 aromatic heterocycles. The lowest BCUT2D eigenvalue weighted by Crippen LogP contribution is -2.22. The number of fused-ring (bicyclic) bond motifs is 1. The summed E-state index contributed by atoms with van der Waals surface area (Å²) in [5.41, 5.74) is 0.876. The fourth-order valence-electron chi connectivity index (χ4n) is 1.64. The van der Waals surface area contributed by atoms with Gasteiger partial charge < -0.3 is 9.30 Å². The van der Waals surface area contributed by atoms with Crippen molar-refractivity contribution in [1.82, 2.24) is 4.57 Å². The van der Waals surface area contributed by atoms with Crippen molar-refractivity contribution in [3.05, 3.63) is 29.1 Å². The number of esters is 1. The van der Waals surface area contributed by atoms with Crippen LogP contribution in [0.4, 0.5) is 0 Å². The maximum atomic E-state index is 11.5. The lowest BCUT2D eigenvalue weighted by atomic mass is 10.3. The van der Waals surface area contributed by atoms with Gasteiger partial charge in [0.05, 0.1) is 17.3 Å². The first-order chi connectivity index (χ1) is 9.15. The van der Waals surface area contributed by atoms with Crippen molar-refractivity contribution < 1.29 is 14.3 Å². The first-order valence-corrected chi connectivity index (χ1v) is 6.70. The van der Waals surface area contributed by atoms with E-state index in [2.05, 4.69) is 9.73 Å². The van der Waals surface area contributed by atoms with Gasteiger partial charge in [0.1, 0.15) is 6.54 Å². The number of hydrogen-bond donors (Lipinski definition) is 0. The van der Waals surface area contributed by atoms with Crippen LogP contribution in [0.2, 0.25) is 0 Å². The first kappa shape index (κ1) is 13.5. The summed E-state index contributed by atoms with van der Waals surface area (Å²) in [6.07, 6.45) is 0.340. The van der Waals surface area contributed by atoms with Crippen molar-refractivity contribution in [2.75, 3.05) is 7.11 Å². The van der Waals surface area contributed by atoms with Crippen molar-refractivity contribution >= 4 is 33.4 Å². The summed E-state index contributed by atoms with van der Waals surface area (Å²) in [5, 5.41) is 0. The van der Waals surface area contributed by atoms with Crippen LogP contribution in [0.1, 0.15) is 13.3 Å². The molecule has 0 saturated heterocycles. The van der Waals surface area contributed by atoms with Gasteiger partial charge in [-0.1, -0.05) is 30.4 Å². The zero-order chi connectivity index (χ0) is 13.8. The Labute approximate surface area is 114 Å². The number of rotatable bonds is 3. The lowest BCUT2D eigenvalue weighted by molar-refractivity contribution is -0.141. The smallest absolute Gasteiger partial charge is 0.325 e. The summed E-state index contributed by atoms with van der Waals surface area (Å²) in [6, 6.07) is 7.62. The van der Waals surface area contributed by atoms with E-state index in [9.17, 15) is 9.59 Å². The maximum absolute atomic E-state index is 11.5. The standard InChI is InChI=1S/C13H14N2O3S/c1-3-11(16)14-13-15(8-12(17)18-2)9-6-4-5-7-10(9)19-13/h4-7H,3,8H2,1-2H3. The van der Waals surface area contributed by atoms with Crippen LogP contribution >= 0.6 is 11.3 Å². The van der Waals surface area contributed by atoms with Crippen molar-refractivity contribution in [1.29, 1.82) is 0 Å². The number of ether oxygens (including phenoxy) is 1. The molecule has 1 amide bonds. The summed E-state index contributed by atoms with van der Waals surface area (Å²) >= 11 is 1.39. The molecule has 0 aliphatic rings. The summed E-state index contributed by atoms with van der Waals surface area (Å²) in [4.78, 5) is 27.5. The molecule has 2 rings (SSSR count). The number of thiazole rings is 1. The fourth-order valence-corrected chi connectivity index (χ4v) is 2.68. The molecule has 100 valence electrons. The molecule has 0 atom stereocenters. The Morgan fingerprint density at radius 2 is 2.11 bits per heavy atom. The highest BCUT2D eigenvalue weighted by atomic mass is 32.1. The van der Waals surface area contributed by atoms with Gasteiger partial charge in [0, 0.05) is 6.42 Å². The monoisotopic (exact) mass is 278 g/mol. The number of nitrogens with zero attached hydrogens (tertiary/aromatic N) is 2. The second kappa shape index (κ2) is 5.79. The van der Waals surface area contributed by atoms with Crippen LogP contribution in [0.3, 0.4) is 0 Å². The predicted octanol–water partition coefficient (Wildman–Crippen LogP) is 1.71. The topological polar surface area (TPSA) is 60.7 Å². The summed E-state index contributed by atoms with van der Waals surface area (Å²) in [6.45, 7) is 1.81. The Balaban J connectivity index is 2.61. The van der Waals surface area contributed by atoms with E-state index < -0.39 is 0 Å². The largest absolute Gasteiger partial charge is 0.468 e. The highest BCUT2D eigenvalue weighted by molar-refractivity contribution is 7.16. The van der Waals surface area contributed by atoms with Gasteiger partial charge >= 0.3 is 5.97 Å². The highest BCUT2D eigenvalue weighted by Gasteiger charge is 2.10. The number of methoxy groups -OCH3 is 1. The van der Waals surface area contributed by atoms with Crippen LogP contribution in [0.5, 0.6) is 0 Å². The minimum atomic E-state index is -0.367. The first-order valence-electron chi connectivity index (χ1n) is 5.88. The Morgan fingerprint density at radius 1 is 1.37 bits per heavy atom. The molecule has 6 heteroatoms. The van der Waals surface area contributed by atoms with E-state index in [0.29, 0.717) is 11.2 Å². The molecule has 0 unspecified atom stereocenters. The molecule has 5 nitrogen and oxygen atoms in total. The van der Waals surface area contributed by atoms with Gasteiger partial charge in [0.25, 0.3) is 0 Å². The summed E-state index contributed by atoms with van der Waals surface area (Å²) < 4.78 is 7.37. The minimum absolute atomic E-state index is 0.0519. The number of benzene rings is 1. The molecule has 1 heterocycles. The summed E-state index contributed by atoms with van der Waals surface area (Å²) in [5.74, 6) is -0.570. The fraction of sp³-hybridized carbons (Fsp3) is 0.308. The highest BCUT2D eigenvalue weighted by Crippen LogP contribution is 2.16. The zero-order valence-electron chi connectivity index (χ0n) is 10.8. The molecule has 0 spiro atoms. The quantitative estimate of drug-likeness (QED) is 0.803. The van der Waals surface area contributed by atoms with Crippen LogP contribution in [0.15, 0.2) is 29.3 Å². The SMILES string of the molecule is CCC(=O)N=c1sc2ccccc2n1CC(=O)OC. The minimum Gasteiger partial charge on any atom is -0.468 e. The number of carbonyl (C=O) groups is 2. The average molecular weight is 278 g/mol. The lowest BCUT2D eigenvalue weighted by Gasteiger charge is -2.02. The Bertz CT molecular complexity index is 684. The Kier molecular flexibility index (Phi) is 4.11. The molecule has 0 saturated carbocycles. The van der Waals surface area contributed by atoms with Gasteiger partial charge in [-0.05, 0) is 12.1 Å². The van der Waals surface area contributed by atoms with Gasteiger partial charge in [0.15, 0.2) is 4.80 Å². The Morgan fingerprint density at radius 3 is 2.79 bits per heavy atom. The zero-order valence-corrected chi connectivity index (χ0v) is 11.6. The molecular formula is C13H14N2O3S. The van der Waals surface area contributed by atoms with Crippen LogP contribution in [-0.4, -0.2) is 23.6 Å². The predicted molar refractivity (Wildman–Crippen MR) is 72.7 cm³/mol. The molecule has 1 aromatic carbocycles. The molecule has 0 aliphatic carbocycles. The van der Waals surface area contributed by atoms with Gasteiger partial charge in [0.2, 0.25) is 5.91 Å². The number of hydrogen-bond acceptors (Lipinski definition) is 4. The van der Waals surface area contributed by atoms with Crippen molar-refractivity contribution in [2.45, 2.75) is 19.9 Å². The van der Waals surface area contributed by atoms with Crippen LogP contribution in [0, 0.1) is 0 Å². The molecule has 19 heavy (non-hydrogen) atoms. The maximum Gasteiger partial charge on any atom is 0.325 e. The van der Waals surface area contributed by atoms with Crippen LogP contribution < -0.4 is 4.80 Å². The van der Waals surface area contributed by atoms with E-state index in [0.717, 1.165) is 10.2 Å². The normalized spacial score (nSPS) is 11.8. The van der Waals surface area contributed by atoms with E-state index in [4.69, 9.17) is 0 Å². The second-order valence-electron chi connectivity index (χ2n) is 3.87. The second-order valence-corrected chi connectivity index (χ2v) is 4.88. The van der Waals surface area contributed by atoms with Crippen LogP contribution in [-0.2, 0) is 20.9 Å². The van der Waals surface area contributed by atoms with Crippen molar-refractivity contribution in [3.8, 4) is 0 Å². The molecule has 0 bridgehead atoms. The number of amides is 1. The Hall–Kier alpha value is -1.95. The van der Waals surface area contributed by atoms with Gasteiger partial charge in [-0.25, -0.2) is 0 Å². The van der Waals surface area contributed by atoms with Gasteiger partial charge in [-0.2, -0.15) is 4.99 Å². The van der Waals surface area contributed by atoms with Crippen molar-refractivity contribution in [3.63, 3.8) is 0 Å². The molecule has 0 fully saturated rings. The molecule has 0 aliphatic heterocycles. The third-order valence-electron chi connectivity index (χ3n) is 2.63. The van der Waals surface area contributed by atoms with Gasteiger partial charge in [-0.3, -0.25) is 9.59 Å². The average Bonchev–Trinajstić information content (AvgIpc) is 2.76. The molecular weight excluding hydrogens is 264 g/mol. The third-order valence-corrected chi connectivity index (χ3v) is 3.69. The van der Waals surface area contributed by atoms with E-state index >= 15 is 0 Å². The van der Waals surface area contributed by atoms with E-state index in [-0.39, 0.29) is 18.4 Å². The third kappa shape index (κ3) is 2.90. The summed E-state index contributed by atoms with van der Waals surface area (Å²) in [7, 11) is 1.34. The van der Waals surface area contributed by atoms with Gasteiger partial charge in [-0.15, -0.1) is 0 Å². The number of para-hydroxylation sites is 1. The van der Waals surface area contributed by atoms with Crippen LogP contribution in [0.25, 0.3) is 10.2 Å². The van der Waals surface area contributed by atoms with Crippen molar-refractivity contribution in [2.24, 2.45) is 4.99 Å². The van der Waals surface area contributed by atoms with E-state index in [1.807, 2.05) is 24.3 Å².